The van der Waals surface area contributed by atoms with Crippen LogP contribution in [0.4, 0.5) is 0 Å². The number of aliphatic carboxylic acids is 1. The quantitative estimate of drug-likeness (QED) is 0.680. The highest BCUT2D eigenvalue weighted by Crippen LogP contribution is 2.35. The van der Waals surface area contributed by atoms with E-state index in [1.165, 1.54) is 25.8 Å². The van der Waals surface area contributed by atoms with E-state index in [0.717, 1.165) is 5.57 Å². The fourth-order valence-corrected chi connectivity index (χ4v) is 4.84. The fourth-order valence-electron chi connectivity index (χ4n) is 2.82. The summed E-state index contributed by atoms with van der Waals surface area (Å²) in [5.74, 6) is -2.51. The number of thiophene rings is 2. The molecule has 1 fully saturated rings. The molecule has 5 unspecified atom stereocenters. The molecule has 2 aromatic heterocycles. The third-order valence-corrected chi connectivity index (χ3v) is 6.28. The number of halogens is 1. The highest BCUT2D eigenvalue weighted by atomic mass is 35.5. The average Bonchev–Trinajstić information content (AvgIpc) is 3.28. The average molecular weight is 416 g/mol. The van der Waals surface area contributed by atoms with Crippen LogP contribution in [-0.2, 0) is 4.79 Å². The van der Waals surface area contributed by atoms with Gasteiger partial charge < -0.3 is 10.0 Å². The number of carboxylic acids is 1. The van der Waals surface area contributed by atoms with Crippen molar-refractivity contribution in [2.45, 2.75) is 33.1 Å². The Balaban J connectivity index is 0.00000320. The second-order valence-corrected chi connectivity index (χ2v) is 7.89. The van der Waals surface area contributed by atoms with Crippen LogP contribution in [0.3, 0.4) is 0 Å². The van der Waals surface area contributed by atoms with E-state index in [0.29, 0.717) is 13.0 Å². The van der Waals surface area contributed by atoms with Gasteiger partial charge in [0, 0.05) is 33.9 Å². The summed E-state index contributed by atoms with van der Waals surface area (Å²) in [5, 5.41) is 13.5. The van der Waals surface area contributed by atoms with Gasteiger partial charge in [-0.25, -0.2) is 0 Å². The number of piperidine rings is 1. The van der Waals surface area contributed by atoms with E-state index >= 15 is 0 Å². The minimum atomic E-state index is -1.28. The minimum absolute atomic E-state index is 0. The van der Waals surface area contributed by atoms with Gasteiger partial charge in [0.25, 0.3) is 0 Å². The molecule has 0 aliphatic carbocycles. The van der Waals surface area contributed by atoms with Crippen LogP contribution in [0.25, 0.3) is 5.57 Å². The van der Waals surface area contributed by atoms with E-state index < -0.39 is 37.7 Å². The number of hydrogen-bond donors (Lipinski definition) is 1. The number of carbonyl (C=O) groups is 1. The molecular weight excluding hydrogens is 386 g/mol. The molecule has 3 heterocycles. The number of likely N-dealkylation sites (tertiary alicyclic amines) is 1. The monoisotopic (exact) mass is 415 g/mol. The Kier molecular flexibility index (Phi) is 5.92. The van der Waals surface area contributed by atoms with Gasteiger partial charge in [0.1, 0.15) is 0 Å². The van der Waals surface area contributed by atoms with Crippen molar-refractivity contribution in [1.29, 1.82) is 0 Å². The summed E-state index contributed by atoms with van der Waals surface area (Å²) in [6.45, 7) is 2.20. The summed E-state index contributed by atoms with van der Waals surface area (Å²) in [5.41, 5.74) is 3.51. The molecule has 26 heavy (non-hydrogen) atoms. The van der Waals surface area contributed by atoms with Gasteiger partial charge in [-0.3, -0.25) is 4.79 Å². The van der Waals surface area contributed by atoms with Crippen LogP contribution in [0.5, 0.6) is 0 Å². The lowest BCUT2D eigenvalue weighted by atomic mass is 9.98. The second kappa shape index (κ2) is 9.70. The van der Waals surface area contributed by atoms with E-state index in [1.54, 1.807) is 22.7 Å². The lowest BCUT2D eigenvalue weighted by Crippen LogP contribution is -2.39. The topological polar surface area (TPSA) is 40.5 Å². The number of nitrogens with zero attached hydrogens (tertiary/aromatic N) is 1. The minimum Gasteiger partial charge on any atom is -0.481 e. The van der Waals surface area contributed by atoms with Crippen LogP contribution in [0.15, 0.2) is 29.0 Å². The third kappa shape index (κ3) is 4.97. The van der Waals surface area contributed by atoms with Crippen molar-refractivity contribution in [3.8, 4) is 0 Å². The van der Waals surface area contributed by atoms with E-state index in [9.17, 15) is 9.90 Å². The first-order valence-electron chi connectivity index (χ1n) is 10.5. The SMILES string of the molecule is Cl.[2H]C1C([2H])C([2H])N(CCC=C(c2sccc2C)c2sccc2C)C([2H])C1C(=O)O. The zero-order valence-electron chi connectivity index (χ0n) is 18.7. The van der Waals surface area contributed by atoms with E-state index in [4.69, 9.17) is 5.48 Å². The van der Waals surface area contributed by atoms with Crippen molar-refractivity contribution in [2.24, 2.45) is 5.92 Å². The molecule has 0 saturated carbocycles. The Morgan fingerprint density at radius 3 is 2.42 bits per heavy atom. The molecule has 6 heteroatoms. The molecule has 1 N–H and O–H groups in total. The number of hydrogen-bond acceptors (Lipinski definition) is 4. The summed E-state index contributed by atoms with van der Waals surface area (Å²) < 4.78 is 32.6. The van der Waals surface area contributed by atoms with Crippen LogP contribution in [0, 0.1) is 19.8 Å². The van der Waals surface area contributed by atoms with Crippen LogP contribution >= 0.6 is 35.1 Å². The predicted octanol–water partition coefficient (Wildman–Crippen LogP) is 5.47. The Morgan fingerprint density at radius 2 is 1.92 bits per heavy atom. The normalized spacial score (nSPS) is 31.1. The van der Waals surface area contributed by atoms with Crippen molar-refractivity contribution in [3.05, 3.63) is 49.9 Å². The second-order valence-electron chi connectivity index (χ2n) is 6.06. The molecule has 1 aliphatic heterocycles. The smallest absolute Gasteiger partial charge is 0.307 e. The van der Waals surface area contributed by atoms with E-state index in [-0.39, 0.29) is 12.4 Å². The molecule has 0 spiro atoms. The van der Waals surface area contributed by atoms with Crippen LogP contribution < -0.4 is 0 Å². The highest BCUT2D eigenvalue weighted by Gasteiger charge is 2.24. The molecule has 0 aromatic carbocycles. The van der Waals surface area contributed by atoms with Crippen LogP contribution in [-0.4, -0.2) is 35.6 Å². The van der Waals surface area contributed by atoms with Gasteiger partial charge >= 0.3 is 5.97 Å². The van der Waals surface area contributed by atoms with Crippen molar-refractivity contribution >= 4 is 46.6 Å². The summed E-state index contributed by atoms with van der Waals surface area (Å²) in [4.78, 5) is 15.3. The fraction of sp³-hybridized carbons (Fsp3) is 0.450. The number of aryl methyl sites for hydroxylation is 2. The third-order valence-electron chi connectivity index (χ3n) is 4.18. The van der Waals surface area contributed by atoms with Crippen LogP contribution in [0.1, 0.15) is 45.6 Å². The van der Waals surface area contributed by atoms with Gasteiger partial charge in [-0.05, 0) is 73.6 Å². The molecule has 0 bridgehead atoms. The molecule has 0 amide bonds. The van der Waals surface area contributed by atoms with Crippen molar-refractivity contribution in [3.63, 3.8) is 0 Å². The van der Waals surface area contributed by atoms with Gasteiger partial charge in [-0.2, -0.15) is 0 Å². The molecule has 1 saturated heterocycles. The first-order chi connectivity index (χ1) is 13.7. The van der Waals surface area contributed by atoms with Gasteiger partial charge in [-0.15, -0.1) is 35.1 Å². The molecule has 0 radical (unpaired) electrons. The predicted molar refractivity (Wildman–Crippen MR) is 114 cm³/mol. The molecule has 2 aromatic rings. The molecular formula is C20H26ClNO2S2. The van der Waals surface area contributed by atoms with E-state index in [2.05, 4.69) is 42.8 Å². The van der Waals surface area contributed by atoms with Gasteiger partial charge in [-0.1, -0.05) is 6.08 Å². The zero-order valence-corrected chi connectivity index (χ0v) is 17.2. The standard InChI is InChI=1S/C20H25NO2S2.ClH/c1-14-7-11-24-18(14)17(19-15(2)8-12-25-19)6-4-10-21-9-3-5-16(13-21)20(22)23;/h6-8,11-12,16H,3-5,9-10,13H2,1-2H3,(H,22,23);1H/i3D,5D,9D,13D;. The lowest BCUT2D eigenvalue weighted by molar-refractivity contribution is -0.143. The Morgan fingerprint density at radius 1 is 1.31 bits per heavy atom. The highest BCUT2D eigenvalue weighted by molar-refractivity contribution is 7.14. The number of carboxylic acid groups (broad SMARTS) is 1. The zero-order chi connectivity index (χ0) is 21.3. The lowest BCUT2D eigenvalue weighted by Gasteiger charge is -2.30. The molecule has 5 atom stereocenters. The maximum atomic E-state index is 11.5. The largest absolute Gasteiger partial charge is 0.481 e. The molecule has 1 aliphatic rings. The van der Waals surface area contributed by atoms with Crippen molar-refractivity contribution in [2.75, 3.05) is 19.6 Å². The van der Waals surface area contributed by atoms with Gasteiger partial charge in [0.2, 0.25) is 0 Å². The van der Waals surface area contributed by atoms with E-state index in [1.807, 2.05) is 0 Å². The summed E-state index contributed by atoms with van der Waals surface area (Å²) in [6, 6.07) is 4.16. The first-order valence-corrected chi connectivity index (χ1v) is 9.96. The number of rotatable bonds is 6. The first kappa shape index (κ1) is 15.9. The molecule has 3 rings (SSSR count). The Hall–Kier alpha value is -1.14. The van der Waals surface area contributed by atoms with Crippen molar-refractivity contribution < 1.29 is 15.4 Å². The van der Waals surface area contributed by atoms with Crippen LogP contribution in [0.2, 0.25) is 0 Å². The molecule has 142 valence electrons. The maximum Gasteiger partial charge on any atom is 0.307 e. The van der Waals surface area contributed by atoms with Gasteiger partial charge in [0.05, 0.1) is 5.92 Å². The Labute approximate surface area is 175 Å². The van der Waals surface area contributed by atoms with Crippen molar-refractivity contribution in [1.82, 2.24) is 4.90 Å². The summed E-state index contributed by atoms with van der Waals surface area (Å²) in [6.07, 6.45) is 0.206. The maximum absolute atomic E-state index is 11.5. The Bertz CT molecular complexity index is 861. The summed E-state index contributed by atoms with van der Waals surface area (Å²) >= 11 is 3.35. The molecule has 3 nitrogen and oxygen atoms in total. The van der Waals surface area contributed by atoms with Gasteiger partial charge in [0.15, 0.2) is 0 Å². The summed E-state index contributed by atoms with van der Waals surface area (Å²) in [7, 11) is 0.